The summed E-state index contributed by atoms with van der Waals surface area (Å²) in [6, 6.07) is 1.10. The number of hydrogen-bond donors (Lipinski definition) is 1. The average molecular weight is 269 g/mol. The average Bonchev–Trinajstić information content (AvgIpc) is 2.34. The molecule has 0 aromatic heterocycles. The molecule has 1 fully saturated rings. The number of hydrogen-bond acceptors (Lipinski definition) is 3. The molecule has 3 heteroatoms. The van der Waals surface area contributed by atoms with E-state index in [4.69, 9.17) is 5.73 Å². The van der Waals surface area contributed by atoms with Crippen LogP contribution in [-0.2, 0) is 0 Å². The number of nitrogens with zero attached hydrogens (tertiary/aromatic N) is 2. The summed E-state index contributed by atoms with van der Waals surface area (Å²) in [5.41, 5.74) is 6.59. The van der Waals surface area contributed by atoms with Crippen LogP contribution in [0.5, 0.6) is 0 Å². The molecule has 0 radical (unpaired) electrons. The molecule has 0 bridgehead atoms. The van der Waals surface area contributed by atoms with Crippen LogP contribution in [0.15, 0.2) is 0 Å². The zero-order chi connectivity index (χ0) is 14.5. The van der Waals surface area contributed by atoms with E-state index in [0.29, 0.717) is 11.5 Å². The van der Waals surface area contributed by atoms with Crippen molar-refractivity contribution in [1.29, 1.82) is 0 Å². The summed E-state index contributed by atoms with van der Waals surface area (Å²) < 4.78 is 0. The Bertz CT molecular complexity index is 239. The smallest absolute Gasteiger partial charge is 0.0113 e. The van der Waals surface area contributed by atoms with E-state index in [1.165, 1.54) is 39.1 Å². The molecule has 0 aliphatic carbocycles. The fraction of sp³-hybridized carbons (Fsp3) is 1.00. The molecule has 3 nitrogen and oxygen atoms in total. The van der Waals surface area contributed by atoms with Gasteiger partial charge in [-0.3, -0.25) is 4.90 Å². The first kappa shape index (κ1) is 16.9. The Hall–Kier alpha value is -0.120. The maximum absolute atomic E-state index is 6.24. The lowest BCUT2D eigenvalue weighted by molar-refractivity contribution is 0.0976. The third-order valence-electron chi connectivity index (χ3n) is 4.31. The van der Waals surface area contributed by atoms with Gasteiger partial charge in [-0.25, -0.2) is 0 Å². The molecule has 0 amide bonds. The van der Waals surface area contributed by atoms with Crippen molar-refractivity contribution in [3.05, 3.63) is 0 Å². The van der Waals surface area contributed by atoms with E-state index in [1.54, 1.807) is 0 Å². The van der Waals surface area contributed by atoms with Crippen LogP contribution in [-0.4, -0.2) is 54.6 Å². The van der Waals surface area contributed by atoms with Gasteiger partial charge in [0.25, 0.3) is 0 Å². The van der Waals surface area contributed by atoms with Gasteiger partial charge in [0.1, 0.15) is 0 Å². The summed E-state index contributed by atoms with van der Waals surface area (Å²) in [6.07, 6.45) is 3.52. The van der Waals surface area contributed by atoms with E-state index < -0.39 is 0 Å². The van der Waals surface area contributed by atoms with Crippen LogP contribution in [0.2, 0.25) is 0 Å². The summed E-state index contributed by atoms with van der Waals surface area (Å²) in [7, 11) is 0. The fourth-order valence-corrected chi connectivity index (χ4v) is 2.92. The van der Waals surface area contributed by atoms with Crippen LogP contribution in [0.1, 0.15) is 53.9 Å². The maximum atomic E-state index is 6.24. The molecule has 2 N–H and O–H groups in total. The third-order valence-corrected chi connectivity index (χ3v) is 4.31. The minimum atomic E-state index is 0.354. The standard InChI is InChI=1S/C16H35N3/c1-6-14(2)19-11-9-18(10-12-19)8-7-15(17)13-16(3,4)5/h14-15H,6-13,17H2,1-5H3. The first-order valence-corrected chi connectivity index (χ1v) is 8.04. The van der Waals surface area contributed by atoms with E-state index in [0.717, 1.165) is 18.9 Å². The van der Waals surface area contributed by atoms with Crippen molar-refractivity contribution >= 4 is 0 Å². The lowest BCUT2D eigenvalue weighted by Gasteiger charge is -2.38. The summed E-state index contributed by atoms with van der Waals surface area (Å²) in [5, 5.41) is 0. The predicted molar refractivity (Wildman–Crippen MR) is 84.4 cm³/mol. The first-order valence-electron chi connectivity index (χ1n) is 8.04. The Labute approximate surface area is 120 Å². The highest BCUT2D eigenvalue weighted by Crippen LogP contribution is 2.21. The van der Waals surface area contributed by atoms with Gasteiger partial charge in [0, 0.05) is 38.3 Å². The summed E-state index contributed by atoms with van der Waals surface area (Å²) in [4.78, 5) is 5.20. The van der Waals surface area contributed by atoms with Crippen molar-refractivity contribution in [3.8, 4) is 0 Å². The Morgan fingerprint density at radius 3 is 2.16 bits per heavy atom. The highest BCUT2D eigenvalue weighted by molar-refractivity contribution is 4.78. The molecule has 2 unspecified atom stereocenters. The third kappa shape index (κ3) is 6.73. The van der Waals surface area contributed by atoms with Crippen LogP contribution in [0.4, 0.5) is 0 Å². The van der Waals surface area contributed by atoms with Gasteiger partial charge in [-0.15, -0.1) is 0 Å². The molecular formula is C16H35N3. The zero-order valence-corrected chi connectivity index (χ0v) is 13.8. The van der Waals surface area contributed by atoms with E-state index in [2.05, 4.69) is 44.4 Å². The molecule has 1 saturated heterocycles. The van der Waals surface area contributed by atoms with E-state index in [1.807, 2.05) is 0 Å². The zero-order valence-electron chi connectivity index (χ0n) is 13.8. The Morgan fingerprint density at radius 2 is 1.68 bits per heavy atom. The molecule has 114 valence electrons. The Balaban J connectivity index is 2.19. The SMILES string of the molecule is CCC(C)N1CCN(CCC(N)CC(C)(C)C)CC1. The lowest BCUT2D eigenvalue weighted by Crippen LogP contribution is -2.50. The number of nitrogens with two attached hydrogens (primary N) is 1. The molecule has 2 atom stereocenters. The molecule has 1 aliphatic rings. The lowest BCUT2D eigenvalue weighted by atomic mass is 9.87. The second-order valence-corrected chi connectivity index (χ2v) is 7.45. The molecular weight excluding hydrogens is 234 g/mol. The molecule has 1 rings (SSSR count). The van der Waals surface area contributed by atoms with Crippen LogP contribution in [0, 0.1) is 5.41 Å². The summed E-state index contributed by atoms with van der Waals surface area (Å²) in [5.74, 6) is 0. The van der Waals surface area contributed by atoms with Crippen molar-refractivity contribution in [1.82, 2.24) is 9.80 Å². The highest BCUT2D eigenvalue weighted by atomic mass is 15.3. The Kier molecular flexibility index (Phi) is 6.78. The van der Waals surface area contributed by atoms with Gasteiger partial charge in [-0.05, 0) is 38.1 Å². The van der Waals surface area contributed by atoms with Crippen molar-refractivity contribution in [2.45, 2.75) is 66.0 Å². The molecule has 0 spiro atoms. The van der Waals surface area contributed by atoms with E-state index in [-0.39, 0.29) is 0 Å². The number of piperazine rings is 1. The molecule has 1 heterocycles. The van der Waals surface area contributed by atoms with Crippen molar-refractivity contribution in [3.63, 3.8) is 0 Å². The summed E-state index contributed by atoms with van der Waals surface area (Å²) in [6.45, 7) is 17.5. The fourth-order valence-electron chi connectivity index (χ4n) is 2.92. The molecule has 1 aliphatic heterocycles. The van der Waals surface area contributed by atoms with Crippen LogP contribution in [0.25, 0.3) is 0 Å². The van der Waals surface area contributed by atoms with Crippen LogP contribution >= 0.6 is 0 Å². The highest BCUT2D eigenvalue weighted by Gasteiger charge is 2.21. The van der Waals surface area contributed by atoms with Crippen LogP contribution < -0.4 is 5.73 Å². The van der Waals surface area contributed by atoms with E-state index in [9.17, 15) is 0 Å². The quantitative estimate of drug-likeness (QED) is 0.804. The van der Waals surface area contributed by atoms with Crippen molar-refractivity contribution < 1.29 is 0 Å². The van der Waals surface area contributed by atoms with Crippen molar-refractivity contribution in [2.75, 3.05) is 32.7 Å². The summed E-state index contributed by atoms with van der Waals surface area (Å²) >= 11 is 0. The van der Waals surface area contributed by atoms with Crippen molar-refractivity contribution in [2.24, 2.45) is 11.1 Å². The van der Waals surface area contributed by atoms with Gasteiger partial charge >= 0.3 is 0 Å². The minimum absolute atomic E-state index is 0.354. The second-order valence-electron chi connectivity index (χ2n) is 7.45. The van der Waals surface area contributed by atoms with E-state index >= 15 is 0 Å². The monoisotopic (exact) mass is 269 g/mol. The van der Waals surface area contributed by atoms with Gasteiger partial charge in [-0.2, -0.15) is 0 Å². The van der Waals surface area contributed by atoms with Gasteiger partial charge in [-0.1, -0.05) is 27.7 Å². The largest absolute Gasteiger partial charge is 0.328 e. The van der Waals surface area contributed by atoms with Gasteiger partial charge in [0.2, 0.25) is 0 Å². The first-order chi connectivity index (χ1) is 8.81. The van der Waals surface area contributed by atoms with Gasteiger partial charge in [0.05, 0.1) is 0 Å². The number of rotatable bonds is 6. The van der Waals surface area contributed by atoms with Gasteiger partial charge in [0.15, 0.2) is 0 Å². The second kappa shape index (κ2) is 7.61. The van der Waals surface area contributed by atoms with Gasteiger partial charge < -0.3 is 10.6 Å². The molecule has 0 aromatic carbocycles. The maximum Gasteiger partial charge on any atom is 0.0113 e. The molecule has 0 aromatic rings. The molecule has 0 saturated carbocycles. The molecule has 19 heavy (non-hydrogen) atoms. The minimum Gasteiger partial charge on any atom is -0.328 e. The van der Waals surface area contributed by atoms with Crippen LogP contribution in [0.3, 0.4) is 0 Å². The Morgan fingerprint density at radius 1 is 1.11 bits per heavy atom. The predicted octanol–water partition coefficient (Wildman–Crippen LogP) is 2.56. The normalized spacial score (nSPS) is 22.4. The topological polar surface area (TPSA) is 32.5 Å².